The monoisotopic (exact) mass is 346 g/mol. The van der Waals surface area contributed by atoms with Crippen molar-refractivity contribution in [1.29, 1.82) is 0 Å². The highest BCUT2D eigenvalue weighted by molar-refractivity contribution is 9.10. The molecule has 1 aromatic rings. The van der Waals surface area contributed by atoms with Crippen molar-refractivity contribution in [2.45, 2.75) is 5.75 Å². The maximum Gasteiger partial charge on any atom is 0.324 e. The quantitative estimate of drug-likeness (QED) is 0.657. The van der Waals surface area contributed by atoms with Crippen LogP contribution in [0.15, 0.2) is 22.7 Å². The van der Waals surface area contributed by atoms with E-state index in [1.807, 2.05) is 0 Å². The summed E-state index contributed by atoms with van der Waals surface area (Å²) in [6, 6.07) is 4.24. The van der Waals surface area contributed by atoms with Crippen LogP contribution in [0.3, 0.4) is 0 Å². The molecule has 19 heavy (non-hydrogen) atoms. The second-order valence-corrected chi connectivity index (χ2v) is 5.95. The van der Waals surface area contributed by atoms with Gasteiger partial charge in [0.25, 0.3) is 0 Å². The zero-order valence-electron chi connectivity index (χ0n) is 9.99. The number of hydrogen-bond acceptors (Lipinski definition) is 3. The van der Waals surface area contributed by atoms with E-state index in [4.69, 9.17) is 0 Å². The molecule has 7 heteroatoms. The van der Waals surface area contributed by atoms with Gasteiger partial charge < -0.3 is 5.32 Å². The fourth-order valence-electron chi connectivity index (χ4n) is 1.66. The van der Waals surface area contributed by atoms with E-state index in [2.05, 4.69) is 21.2 Å². The van der Waals surface area contributed by atoms with Gasteiger partial charge in [-0.15, -0.1) is 0 Å². The topological polar surface area (TPSA) is 49.4 Å². The second-order valence-electron chi connectivity index (χ2n) is 3.99. The fourth-order valence-corrected chi connectivity index (χ4v) is 3.26. The number of nitrogens with one attached hydrogen (secondary N) is 1. The average molecular weight is 347 g/mol. The third-order valence-corrected chi connectivity index (χ3v) is 4.39. The molecule has 1 aromatic carbocycles. The van der Waals surface area contributed by atoms with Crippen molar-refractivity contribution >= 4 is 39.6 Å². The Kier molecular flexibility index (Phi) is 4.81. The summed E-state index contributed by atoms with van der Waals surface area (Å²) >= 11 is 4.89. The molecule has 2 rings (SSSR count). The summed E-state index contributed by atoms with van der Waals surface area (Å²) in [5, 5.41) is 2.47. The molecule has 1 aliphatic heterocycles. The van der Waals surface area contributed by atoms with E-state index >= 15 is 0 Å². The summed E-state index contributed by atoms with van der Waals surface area (Å²) in [6.45, 7) is 0.487. The number of halogens is 2. The van der Waals surface area contributed by atoms with Gasteiger partial charge in [0, 0.05) is 22.5 Å². The number of hydrogen-bond donors (Lipinski definition) is 1. The molecule has 0 atom stereocenters. The van der Waals surface area contributed by atoms with E-state index in [9.17, 15) is 14.0 Å². The van der Waals surface area contributed by atoms with Gasteiger partial charge in [-0.25, -0.2) is 9.18 Å². The summed E-state index contributed by atoms with van der Waals surface area (Å²) < 4.78 is 13.6. The van der Waals surface area contributed by atoms with Crippen LogP contribution in [0.25, 0.3) is 0 Å². The first-order chi connectivity index (χ1) is 9.08. The number of carbonyl (C=O) groups is 2. The standard InChI is InChI=1S/C12H12BrFN2O2S/c13-10-5-9(14)2-1-8(10)7-19-4-3-16-11(17)6-15-12(16)18/h1-2,5H,3-4,6-7H2,(H,15,18). The minimum Gasteiger partial charge on any atom is -0.329 e. The van der Waals surface area contributed by atoms with Gasteiger partial charge in [-0.3, -0.25) is 9.69 Å². The van der Waals surface area contributed by atoms with Gasteiger partial charge in [-0.2, -0.15) is 11.8 Å². The predicted octanol–water partition coefficient (Wildman–Crippen LogP) is 2.37. The van der Waals surface area contributed by atoms with Crippen molar-refractivity contribution < 1.29 is 14.0 Å². The lowest BCUT2D eigenvalue weighted by Gasteiger charge is -2.11. The van der Waals surface area contributed by atoms with Crippen LogP contribution in [-0.2, 0) is 10.5 Å². The minimum absolute atomic E-state index is 0.0903. The van der Waals surface area contributed by atoms with Crippen LogP contribution < -0.4 is 5.32 Å². The molecular weight excluding hydrogens is 335 g/mol. The van der Waals surface area contributed by atoms with Crippen LogP contribution in [0.1, 0.15) is 5.56 Å². The minimum atomic E-state index is -0.325. The summed E-state index contributed by atoms with van der Waals surface area (Å²) in [4.78, 5) is 23.8. The molecule has 0 aliphatic carbocycles. The number of rotatable bonds is 5. The lowest BCUT2D eigenvalue weighted by molar-refractivity contribution is -0.124. The van der Waals surface area contributed by atoms with Crippen LogP contribution in [0.4, 0.5) is 9.18 Å². The number of thioether (sulfide) groups is 1. The zero-order chi connectivity index (χ0) is 13.8. The molecule has 4 nitrogen and oxygen atoms in total. The van der Waals surface area contributed by atoms with Crippen molar-refractivity contribution in [3.05, 3.63) is 34.1 Å². The van der Waals surface area contributed by atoms with Gasteiger partial charge in [0.1, 0.15) is 5.82 Å². The number of imide groups is 1. The van der Waals surface area contributed by atoms with E-state index < -0.39 is 0 Å². The van der Waals surface area contributed by atoms with E-state index in [1.165, 1.54) is 17.0 Å². The number of carbonyl (C=O) groups excluding carboxylic acids is 2. The molecular formula is C12H12BrFN2O2S. The summed E-state index contributed by atoms with van der Waals surface area (Å²) in [5.74, 6) is 0.890. The van der Waals surface area contributed by atoms with Gasteiger partial charge in [0.2, 0.25) is 5.91 Å². The number of amides is 3. The summed E-state index contributed by atoms with van der Waals surface area (Å²) in [6.07, 6.45) is 0. The van der Waals surface area contributed by atoms with Crippen molar-refractivity contribution in [1.82, 2.24) is 10.2 Å². The Morgan fingerprint density at radius 2 is 2.21 bits per heavy atom. The average Bonchev–Trinajstić information content (AvgIpc) is 2.68. The second kappa shape index (κ2) is 6.38. The fraction of sp³-hybridized carbons (Fsp3) is 0.333. The Morgan fingerprint density at radius 3 is 2.84 bits per heavy atom. The summed E-state index contributed by atoms with van der Waals surface area (Å²) in [7, 11) is 0. The highest BCUT2D eigenvalue weighted by Crippen LogP contribution is 2.22. The Bertz CT molecular complexity index is 497. The largest absolute Gasteiger partial charge is 0.329 e. The Hall–Kier alpha value is -1.08. The molecule has 3 amide bonds. The molecule has 102 valence electrons. The maximum absolute atomic E-state index is 12.9. The first-order valence-electron chi connectivity index (χ1n) is 5.68. The number of nitrogens with zero attached hydrogens (tertiary/aromatic N) is 1. The van der Waals surface area contributed by atoms with Crippen LogP contribution >= 0.6 is 27.7 Å². The van der Waals surface area contributed by atoms with Gasteiger partial charge in [0.15, 0.2) is 0 Å². The molecule has 1 fully saturated rings. The van der Waals surface area contributed by atoms with Crippen LogP contribution in [0, 0.1) is 5.82 Å². The van der Waals surface area contributed by atoms with Gasteiger partial charge >= 0.3 is 6.03 Å². The van der Waals surface area contributed by atoms with Gasteiger partial charge in [-0.1, -0.05) is 22.0 Å². The highest BCUT2D eigenvalue weighted by Gasteiger charge is 2.27. The van der Waals surface area contributed by atoms with Crippen LogP contribution in [0.5, 0.6) is 0 Å². The third kappa shape index (κ3) is 3.70. The van der Waals surface area contributed by atoms with Crippen molar-refractivity contribution in [2.75, 3.05) is 18.8 Å². The number of urea groups is 1. The first-order valence-corrected chi connectivity index (χ1v) is 7.62. The summed E-state index contributed by atoms with van der Waals surface area (Å²) in [5.41, 5.74) is 0.989. The van der Waals surface area contributed by atoms with E-state index in [-0.39, 0.29) is 24.3 Å². The molecule has 0 bridgehead atoms. The van der Waals surface area contributed by atoms with Gasteiger partial charge in [-0.05, 0) is 17.7 Å². The molecule has 0 radical (unpaired) electrons. The Labute approximate surface area is 122 Å². The molecule has 0 spiro atoms. The SMILES string of the molecule is O=C1CNC(=O)N1CCSCc1ccc(F)cc1Br. The normalized spacial score (nSPS) is 14.9. The Morgan fingerprint density at radius 1 is 1.42 bits per heavy atom. The predicted molar refractivity (Wildman–Crippen MR) is 75.4 cm³/mol. The lowest BCUT2D eigenvalue weighted by Crippen LogP contribution is -2.32. The highest BCUT2D eigenvalue weighted by atomic mass is 79.9. The van der Waals surface area contributed by atoms with Crippen molar-refractivity contribution in [3.63, 3.8) is 0 Å². The first kappa shape index (κ1) is 14.3. The molecule has 1 heterocycles. The van der Waals surface area contributed by atoms with Crippen molar-refractivity contribution in [2.24, 2.45) is 0 Å². The van der Waals surface area contributed by atoms with E-state index in [0.29, 0.717) is 18.1 Å². The lowest BCUT2D eigenvalue weighted by atomic mass is 10.2. The van der Waals surface area contributed by atoms with Crippen LogP contribution in [0.2, 0.25) is 0 Å². The molecule has 0 aromatic heterocycles. The maximum atomic E-state index is 12.9. The third-order valence-electron chi connectivity index (χ3n) is 2.67. The molecule has 1 aliphatic rings. The number of benzene rings is 1. The molecule has 1 N–H and O–H groups in total. The van der Waals surface area contributed by atoms with E-state index in [0.717, 1.165) is 10.0 Å². The van der Waals surface area contributed by atoms with Crippen LogP contribution in [-0.4, -0.2) is 35.7 Å². The van der Waals surface area contributed by atoms with E-state index in [1.54, 1.807) is 17.8 Å². The Balaban J connectivity index is 1.78. The zero-order valence-corrected chi connectivity index (χ0v) is 12.4. The van der Waals surface area contributed by atoms with Gasteiger partial charge in [0.05, 0.1) is 6.54 Å². The van der Waals surface area contributed by atoms with Crippen molar-refractivity contribution in [3.8, 4) is 0 Å². The molecule has 1 saturated heterocycles. The molecule has 0 unspecified atom stereocenters. The smallest absolute Gasteiger partial charge is 0.324 e. The molecule has 0 saturated carbocycles.